The first-order valence-electron chi connectivity index (χ1n) is 11.4. The number of ether oxygens (including phenoxy) is 2. The van der Waals surface area contributed by atoms with Crippen molar-refractivity contribution in [1.82, 2.24) is 4.90 Å². The fourth-order valence-electron chi connectivity index (χ4n) is 5.20. The first kappa shape index (κ1) is 24.7. The Hall–Kier alpha value is -2.45. The molecule has 0 aromatic heterocycles. The van der Waals surface area contributed by atoms with Gasteiger partial charge in [0.25, 0.3) is 0 Å². The van der Waals surface area contributed by atoms with Crippen LogP contribution in [0.2, 0.25) is 0 Å². The van der Waals surface area contributed by atoms with E-state index in [4.69, 9.17) is 9.47 Å². The number of amides is 1. The lowest BCUT2D eigenvalue weighted by Gasteiger charge is -2.41. The number of hydrogen-bond acceptors (Lipinski definition) is 3. The molecule has 8 heteroatoms. The van der Waals surface area contributed by atoms with Crippen molar-refractivity contribution < 1.29 is 31.8 Å². The van der Waals surface area contributed by atoms with Gasteiger partial charge < -0.3 is 14.4 Å². The van der Waals surface area contributed by atoms with Crippen LogP contribution >= 0.6 is 0 Å². The van der Waals surface area contributed by atoms with Gasteiger partial charge in [0.2, 0.25) is 5.91 Å². The van der Waals surface area contributed by atoms with E-state index in [1.54, 1.807) is 13.8 Å². The summed E-state index contributed by atoms with van der Waals surface area (Å²) in [5.41, 5.74) is 1.38. The molecule has 1 amide bonds. The van der Waals surface area contributed by atoms with Crippen molar-refractivity contribution in [2.45, 2.75) is 51.9 Å². The van der Waals surface area contributed by atoms with Crippen molar-refractivity contribution >= 4 is 5.91 Å². The standard InChI is InChI=1S/C26H29F4NO3/c1-15-6-4-5-7-22(15)24-23-13-31(17(3)32)12-20(23)14-33-25(24)34-16(2)19-8-18(11-27)9-21(10-19)26(28,29)30/h4-10,16,20,23-25H,11-14H2,1-3H3/t16-,20+,23-,24+,25-/m1/s1. The van der Waals surface area contributed by atoms with Crippen LogP contribution in [0.25, 0.3) is 0 Å². The fraction of sp³-hybridized carbons (Fsp3) is 0.500. The molecule has 0 spiro atoms. The molecule has 5 atom stereocenters. The molecule has 2 aromatic rings. The number of aryl methyl sites for hydroxylation is 1. The molecule has 0 bridgehead atoms. The Morgan fingerprint density at radius 2 is 1.94 bits per heavy atom. The maximum absolute atomic E-state index is 13.4. The molecule has 34 heavy (non-hydrogen) atoms. The van der Waals surface area contributed by atoms with Crippen molar-refractivity contribution in [2.75, 3.05) is 19.7 Å². The van der Waals surface area contributed by atoms with E-state index in [1.165, 1.54) is 6.07 Å². The van der Waals surface area contributed by atoms with Gasteiger partial charge in [0, 0.05) is 31.8 Å². The Morgan fingerprint density at radius 3 is 2.59 bits per heavy atom. The zero-order valence-electron chi connectivity index (χ0n) is 19.4. The molecular formula is C26H29F4NO3. The van der Waals surface area contributed by atoms with E-state index in [0.717, 1.165) is 23.3 Å². The quantitative estimate of drug-likeness (QED) is 0.509. The summed E-state index contributed by atoms with van der Waals surface area (Å²) in [7, 11) is 0. The molecule has 2 heterocycles. The maximum Gasteiger partial charge on any atom is 0.416 e. The van der Waals surface area contributed by atoms with E-state index in [1.807, 2.05) is 36.1 Å². The van der Waals surface area contributed by atoms with Gasteiger partial charge in [-0.1, -0.05) is 30.3 Å². The molecule has 0 saturated carbocycles. The Kier molecular flexibility index (Phi) is 7.01. The third-order valence-electron chi connectivity index (χ3n) is 7.02. The van der Waals surface area contributed by atoms with Gasteiger partial charge in [-0.15, -0.1) is 0 Å². The van der Waals surface area contributed by atoms with E-state index in [-0.39, 0.29) is 34.8 Å². The van der Waals surface area contributed by atoms with Gasteiger partial charge in [0.1, 0.15) is 6.67 Å². The number of likely N-dealkylation sites (tertiary alicyclic amines) is 1. The van der Waals surface area contributed by atoms with Crippen LogP contribution < -0.4 is 0 Å². The molecule has 2 fully saturated rings. The molecule has 0 aliphatic carbocycles. The molecule has 2 aliphatic heterocycles. The zero-order valence-corrected chi connectivity index (χ0v) is 19.4. The van der Waals surface area contributed by atoms with Gasteiger partial charge in [-0.3, -0.25) is 4.79 Å². The third-order valence-corrected chi connectivity index (χ3v) is 7.02. The number of carbonyl (C=O) groups is 1. The summed E-state index contributed by atoms with van der Waals surface area (Å²) in [6.07, 6.45) is -6.06. The Labute approximate surface area is 196 Å². The Morgan fingerprint density at radius 1 is 1.21 bits per heavy atom. The molecule has 0 N–H and O–H groups in total. The Bertz CT molecular complexity index is 1040. The summed E-state index contributed by atoms with van der Waals surface area (Å²) in [5.74, 6) is 0.0545. The highest BCUT2D eigenvalue weighted by Crippen LogP contribution is 2.45. The van der Waals surface area contributed by atoms with Crippen LogP contribution in [-0.2, 0) is 27.1 Å². The molecule has 4 nitrogen and oxygen atoms in total. The summed E-state index contributed by atoms with van der Waals surface area (Å²) in [4.78, 5) is 13.9. The molecule has 4 rings (SSSR count). The van der Waals surface area contributed by atoms with Crippen LogP contribution in [0.4, 0.5) is 17.6 Å². The molecular weight excluding hydrogens is 450 g/mol. The minimum atomic E-state index is -4.59. The third kappa shape index (κ3) is 4.98. The van der Waals surface area contributed by atoms with Crippen LogP contribution in [0.1, 0.15) is 53.7 Å². The van der Waals surface area contributed by atoms with Gasteiger partial charge in [-0.25, -0.2) is 4.39 Å². The molecule has 0 unspecified atom stereocenters. The number of rotatable bonds is 5. The minimum absolute atomic E-state index is 0.00601. The van der Waals surface area contributed by atoms with Crippen LogP contribution in [0.15, 0.2) is 42.5 Å². The number of fused-ring (bicyclic) bond motifs is 1. The molecule has 2 saturated heterocycles. The lowest BCUT2D eigenvalue weighted by atomic mass is 9.76. The van der Waals surface area contributed by atoms with E-state index in [2.05, 4.69) is 0 Å². The molecule has 2 aromatic carbocycles. The second kappa shape index (κ2) is 9.66. The maximum atomic E-state index is 13.4. The predicted molar refractivity (Wildman–Crippen MR) is 119 cm³/mol. The van der Waals surface area contributed by atoms with E-state index < -0.39 is 30.8 Å². The summed E-state index contributed by atoms with van der Waals surface area (Å²) < 4.78 is 65.8. The number of alkyl halides is 4. The summed E-state index contributed by atoms with van der Waals surface area (Å²) in [6, 6.07) is 11.1. The highest BCUT2D eigenvalue weighted by atomic mass is 19.4. The SMILES string of the molecule is CC(=O)N1C[C@H]2CO[C@H](O[C@H](C)c3cc(CF)cc(C(F)(F)F)c3)[C@@H](c3ccccc3C)[C@@H]2C1. The molecule has 2 aliphatic rings. The summed E-state index contributed by atoms with van der Waals surface area (Å²) in [6.45, 7) is 5.78. The Balaban J connectivity index is 1.65. The molecule has 0 radical (unpaired) electrons. The first-order valence-corrected chi connectivity index (χ1v) is 11.4. The summed E-state index contributed by atoms with van der Waals surface area (Å²) >= 11 is 0. The second-order valence-corrected chi connectivity index (χ2v) is 9.31. The van der Waals surface area contributed by atoms with E-state index in [0.29, 0.717) is 19.7 Å². The highest BCUT2D eigenvalue weighted by Gasteiger charge is 2.48. The van der Waals surface area contributed by atoms with Crippen molar-refractivity contribution in [3.8, 4) is 0 Å². The number of halogens is 4. The van der Waals surface area contributed by atoms with Crippen molar-refractivity contribution in [3.05, 3.63) is 70.3 Å². The number of nitrogens with zero attached hydrogens (tertiary/aromatic N) is 1. The normalized spacial score (nSPS) is 25.8. The monoisotopic (exact) mass is 479 g/mol. The average molecular weight is 480 g/mol. The van der Waals surface area contributed by atoms with Crippen molar-refractivity contribution in [1.29, 1.82) is 0 Å². The number of benzene rings is 2. The summed E-state index contributed by atoms with van der Waals surface area (Å²) in [5, 5.41) is 0. The van der Waals surface area contributed by atoms with E-state index >= 15 is 0 Å². The van der Waals surface area contributed by atoms with Crippen molar-refractivity contribution in [2.24, 2.45) is 11.8 Å². The van der Waals surface area contributed by atoms with Gasteiger partial charge >= 0.3 is 6.18 Å². The van der Waals surface area contributed by atoms with Gasteiger partial charge in [-0.05, 0) is 54.2 Å². The largest absolute Gasteiger partial charge is 0.416 e. The number of hydrogen-bond donors (Lipinski definition) is 0. The number of carbonyl (C=O) groups excluding carboxylic acids is 1. The smallest absolute Gasteiger partial charge is 0.352 e. The van der Waals surface area contributed by atoms with Crippen LogP contribution in [-0.4, -0.2) is 36.8 Å². The van der Waals surface area contributed by atoms with Gasteiger partial charge in [0.05, 0.1) is 18.3 Å². The van der Waals surface area contributed by atoms with Crippen LogP contribution in [0.5, 0.6) is 0 Å². The lowest BCUT2D eigenvalue weighted by Crippen LogP contribution is -2.42. The van der Waals surface area contributed by atoms with E-state index in [9.17, 15) is 22.4 Å². The van der Waals surface area contributed by atoms with Gasteiger partial charge in [0.15, 0.2) is 6.29 Å². The predicted octanol–water partition coefficient (Wildman–Crippen LogP) is 5.80. The average Bonchev–Trinajstić information content (AvgIpc) is 3.23. The second-order valence-electron chi connectivity index (χ2n) is 9.31. The highest BCUT2D eigenvalue weighted by molar-refractivity contribution is 5.73. The van der Waals surface area contributed by atoms with Crippen LogP contribution in [0, 0.1) is 18.8 Å². The fourth-order valence-corrected chi connectivity index (χ4v) is 5.20. The first-order chi connectivity index (χ1) is 16.1. The molecule has 184 valence electrons. The lowest BCUT2D eigenvalue weighted by molar-refractivity contribution is -0.217. The van der Waals surface area contributed by atoms with Crippen molar-refractivity contribution in [3.63, 3.8) is 0 Å². The topological polar surface area (TPSA) is 38.8 Å². The van der Waals surface area contributed by atoms with Crippen LogP contribution in [0.3, 0.4) is 0 Å². The zero-order chi connectivity index (χ0) is 24.6. The minimum Gasteiger partial charge on any atom is -0.352 e. The van der Waals surface area contributed by atoms with Gasteiger partial charge in [-0.2, -0.15) is 13.2 Å².